The number of imidazole rings is 1. The fourth-order valence-corrected chi connectivity index (χ4v) is 2.85. The Labute approximate surface area is 150 Å². The number of aliphatic hydroxyl groups is 3. The second kappa shape index (κ2) is 7.01. The van der Waals surface area contributed by atoms with Gasteiger partial charge in [-0.15, -0.1) is 6.42 Å². The van der Waals surface area contributed by atoms with E-state index in [2.05, 4.69) is 26.2 Å². The molecule has 4 atom stereocenters. The van der Waals surface area contributed by atoms with Crippen LogP contribution in [0.2, 0.25) is 0 Å². The number of aromatic nitrogens is 4. The monoisotopic (exact) mass is 359 g/mol. The second-order valence-corrected chi connectivity index (χ2v) is 6.32. The SMILES string of the molecule is C#C[C@@]1(O)[C@@H](CO)O[C@@H](n2cnc3c(NCC=C(C)C)ncnc32)[C@@H]1O. The maximum Gasteiger partial charge on any atom is 0.183 e. The van der Waals surface area contributed by atoms with E-state index in [1.165, 1.54) is 22.8 Å². The summed E-state index contributed by atoms with van der Waals surface area (Å²) in [6.45, 7) is 4.03. The zero-order valence-corrected chi connectivity index (χ0v) is 14.5. The molecule has 138 valence electrons. The Kier molecular flexibility index (Phi) is 4.93. The van der Waals surface area contributed by atoms with Crippen LogP contribution in [0.4, 0.5) is 5.82 Å². The third kappa shape index (κ3) is 2.93. The van der Waals surface area contributed by atoms with Crippen molar-refractivity contribution in [3.8, 4) is 12.3 Å². The first-order valence-corrected chi connectivity index (χ1v) is 8.11. The summed E-state index contributed by atoms with van der Waals surface area (Å²) >= 11 is 0. The highest BCUT2D eigenvalue weighted by atomic mass is 16.6. The van der Waals surface area contributed by atoms with Crippen molar-refractivity contribution in [1.29, 1.82) is 0 Å². The minimum atomic E-state index is -2.01. The van der Waals surface area contributed by atoms with Crippen molar-refractivity contribution in [3.63, 3.8) is 0 Å². The Morgan fingerprint density at radius 2 is 2.23 bits per heavy atom. The van der Waals surface area contributed by atoms with E-state index in [9.17, 15) is 15.3 Å². The molecule has 3 heterocycles. The van der Waals surface area contributed by atoms with Crippen LogP contribution in [0.5, 0.6) is 0 Å². The summed E-state index contributed by atoms with van der Waals surface area (Å²) in [6.07, 6.45) is 6.51. The maximum absolute atomic E-state index is 10.5. The third-order valence-corrected chi connectivity index (χ3v) is 4.33. The molecule has 0 aliphatic carbocycles. The van der Waals surface area contributed by atoms with Gasteiger partial charge in [0.2, 0.25) is 0 Å². The first-order chi connectivity index (χ1) is 12.4. The van der Waals surface area contributed by atoms with Gasteiger partial charge in [0.25, 0.3) is 0 Å². The molecule has 2 aromatic heterocycles. The Balaban J connectivity index is 1.95. The molecule has 26 heavy (non-hydrogen) atoms. The predicted molar refractivity (Wildman–Crippen MR) is 94.0 cm³/mol. The molecule has 9 heteroatoms. The van der Waals surface area contributed by atoms with Gasteiger partial charge in [0.15, 0.2) is 28.8 Å². The van der Waals surface area contributed by atoms with Gasteiger partial charge in [0, 0.05) is 6.54 Å². The molecular formula is C17H21N5O4. The quantitative estimate of drug-likeness (QED) is 0.428. The normalized spacial score (nSPS) is 28.1. The van der Waals surface area contributed by atoms with Crippen molar-refractivity contribution in [3.05, 3.63) is 24.3 Å². The number of fused-ring (bicyclic) bond motifs is 1. The van der Waals surface area contributed by atoms with Crippen LogP contribution in [0, 0.1) is 12.3 Å². The molecule has 0 unspecified atom stereocenters. The summed E-state index contributed by atoms with van der Waals surface area (Å²) in [7, 11) is 0. The number of hydrogen-bond donors (Lipinski definition) is 4. The zero-order chi connectivity index (χ0) is 18.9. The minimum Gasteiger partial charge on any atom is -0.394 e. The van der Waals surface area contributed by atoms with Crippen LogP contribution in [0.1, 0.15) is 20.1 Å². The smallest absolute Gasteiger partial charge is 0.183 e. The molecule has 0 aromatic carbocycles. The molecule has 0 bridgehead atoms. The van der Waals surface area contributed by atoms with Gasteiger partial charge in [-0.1, -0.05) is 17.6 Å². The Morgan fingerprint density at radius 3 is 2.85 bits per heavy atom. The van der Waals surface area contributed by atoms with Crippen molar-refractivity contribution in [2.75, 3.05) is 18.5 Å². The van der Waals surface area contributed by atoms with Gasteiger partial charge in [-0.25, -0.2) is 15.0 Å². The van der Waals surface area contributed by atoms with Gasteiger partial charge in [-0.2, -0.15) is 0 Å². The van der Waals surface area contributed by atoms with Crippen LogP contribution in [0.15, 0.2) is 24.3 Å². The average Bonchev–Trinajstić information content (AvgIpc) is 3.15. The molecular weight excluding hydrogens is 338 g/mol. The topological polar surface area (TPSA) is 126 Å². The van der Waals surface area contributed by atoms with Crippen molar-refractivity contribution in [2.24, 2.45) is 0 Å². The summed E-state index contributed by atoms with van der Waals surface area (Å²) in [5.74, 6) is 2.65. The molecule has 1 aliphatic rings. The Bertz CT molecular complexity index is 870. The van der Waals surface area contributed by atoms with Crippen LogP contribution in [0.3, 0.4) is 0 Å². The van der Waals surface area contributed by atoms with E-state index < -0.39 is 30.6 Å². The van der Waals surface area contributed by atoms with E-state index >= 15 is 0 Å². The average molecular weight is 359 g/mol. The first-order valence-electron chi connectivity index (χ1n) is 8.11. The number of terminal acetylenes is 1. The number of aliphatic hydroxyl groups excluding tert-OH is 2. The lowest BCUT2D eigenvalue weighted by molar-refractivity contribution is -0.0605. The standard InChI is InChI=1S/C17H21N5O4/c1-4-17(25)11(7-23)26-16(13(17)24)22-9-21-12-14(18-6-5-10(2)3)19-8-20-15(12)22/h1,5,8-9,11,13,16,23-25H,6-7H2,2-3H3,(H,18,19,20)/t11-,13+,16-,17-/m1/s1. The number of ether oxygens (including phenoxy) is 1. The van der Waals surface area contributed by atoms with Crippen molar-refractivity contribution in [2.45, 2.75) is 37.9 Å². The van der Waals surface area contributed by atoms with Crippen LogP contribution >= 0.6 is 0 Å². The van der Waals surface area contributed by atoms with E-state index in [-0.39, 0.29) is 0 Å². The number of nitrogens with zero attached hydrogens (tertiary/aromatic N) is 4. The lowest BCUT2D eigenvalue weighted by atomic mass is 9.93. The van der Waals surface area contributed by atoms with Gasteiger partial charge in [-0.3, -0.25) is 4.57 Å². The number of anilines is 1. The summed E-state index contributed by atoms with van der Waals surface area (Å²) in [4.78, 5) is 12.7. The van der Waals surface area contributed by atoms with Gasteiger partial charge in [-0.05, 0) is 13.8 Å². The third-order valence-electron chi connectivity index (χ3n) is 4.33. The molecule has 1 aliphatic heterocycles. The fourth-order valence-electron chi connectivity index (χ4n) is 2.85. The van der Waals surface area contributed by atoms with Crippen LogP contribution in [-0.2, 0) is 4.74 Å². The van der Waals surface area contributed by atoms with E-state index in [4.69, 9.17) is 11.2 Å². The number of rotatable bonds is 5. The fraction of sp³-hybridized carbons (Fsp3) is 0.471. The van der Waals surface area contributed by atoms with Gasteiger partial charge in [0.1, 0.15) is 18.5 Å². The van der Waals surface area contributed by atoms with E-state index in [1.54, 1.807) is 0 Å². The van der Waals surface area contributed by atoms with Crippen LogP contribution < -0.4 is 5.32 Å². The molecule has 2 aromatic rings. The molecule has 0 spiro atoms. The summed E-state index contributed by atoms with van der Waals surface area (Å²) < 4.78 is 7.04. The van der Waals surface area contributed by atoms with Crippen molar-refractivity contribution >= 4 is 17.0 Å². The lowest BCUT2D eigenvalue weighted by Crippen LogP contribution is -2.47. The molecule has 3 rings (SSSR count). The summed E-state index contributed by atoms with van der Waals surface area (Å²) in [5, 5.41) is 33.5. The van der Waals surface area contributed by atoms with E-state index in [1.807, 2.05) is 19.9 Å². The molecule has 0 amide bonds. The van der Waals surface area contributed by atoms with Crippen LogP contribution in [-0.4, -0.2) is 65.8 Å². The summed E-state index contributed by atoms with van der Waals surface area (Å²) in [5.41, 5.74) is 0.0522. The lowest BCUT2D eigenvalue weighted by Gasteiger charge is -2.23. The molecule has 1 saturated heterocycles. The highest BCUT2D eigenvalue weighted by Crippen LogP contribution is 2.38. The Hall–Kier alpha value is -2.51. The maximum atomic E-state index is 10.5. The molecule has 0 saturated carbocycles. The minimum absolute atomic E-state index is 0.404. The van der Waals surface area contributed by atoms with Crippen molar-refractivity contribution < 1.29 is 20.1 Å². The Morgan fingerprint density at radius 1 is 1.46 bits per heavy atom. The highest BCUT2D eigenvalue weighted by molar-refractivity contribution is 5.82. The number of nitrogens with one attached hydrogen (secondary N) is 1. The molecule has 0 radical (unpaired) electrons. The second-order valence-electron chi connectivity index (χ2n) is 6.32. The largest absolute Gasteiger partial charge is 0.394 e. The molecule has 1 fully saturated rings. The molecule has 9 nitrogen and oxygen atoms in total. The van der Waals surface area contributed by atoms with Gasteiger partial charge in [0.05, 0.1) is 12.9 Å². The van der Waals surface area contributed by atoms with Crippen molar-refractivity contribution in [1.82, 2.24) is 19.5 Å². The number of allylic oxidation sites excluding steroid dienone is 1. The van der Waals surface area contributed by atoms with Crippen LogP contribution in [0.25, 0.3) is 11.2 Å². The highest BCUT2D eigenvalue weighted by Gasteiger charge is 2.55. The predicted octanol–water partition coefficient (Wildman–Crippen LogP) is -0.181. The van der Waals surface area contributed by atoms with E-state index in [0.717, 1.165) is 0 Å². The molecule has 4 N–H and O–H groups in total. The van der Waals surface area contributed by atoms with E-state index in [0.29, 0.717) is 23.5 Å². The zero-order valence-electron chi connectivity index (χ0n) is 14.5. The first kappa shape index (κ1) is 18.3. The van der Waals surface area contributed by atoms with Gasteiger partial charge >= 0.3 is 0 Å². The number of hydrogen-bond acceptors (Lipinski definition) is 8. The van der Waals surface area contributed by atoms with Gasteiger partial charge < -0.3 is 25.4 Å². The summed E-state index contributed by atoms with van der Waals surface area (Å²) in [6, 6.07) is 0.